The molecule has 0 spiro atoms. The molecule has 1 aliphatic carbocycles. The van der Waals surface area contributed by atoms with Gasteiger partial charge in [-0.25, -0.2) is 0 Å². The van der Waals surface area contributed by atoms with Gasteiger partial charge >= 0.3 is 0 Å². The first kappa shape index (κ1) is 27.6. The quantitative estimate of drug-likeness (QED) is 0.556. The molecule has 5 rings (SSSR count). The van der Waals surface area contributed by atoms with Crippen LogP contribution in [0.2, 0.25) is 5.02 Å². The van der Waals surface area contributed by atoms with Gasteiger partial charge in [0.15, 0.2) is 11.5 Å². The van der Waals surface area contributed by atoms with Crippen LogP contribution in [0.3, 0.4) is 0 Å². The summed E-state index contributed by atoms with van der Waals surface area (Å²) in [6, 6.07) is 11.4. The molecule has 0 radical (unpaired) electrons. The zero-order valence-corrected chi connectivity index (χ0v) is 23.2. The molecule has 3 fully saturated rings. The van der Waals surface area contributed by atoms with Crippen LogP contribution in [0.25, 0.3) is 0 Å². The first-order valence-electron chi connectivity index (χ1n) is 14.1. The topological polar surface area (TPSA) is 115 Å². The molecule has 10 heteroatoms. The van der Waals surface area contributed by atoms with Gasteiger partial charge in [0.25, 0.3) is 5.91 Å². The maximum absolute atomic E-state index is 12.8. The van der Waals surface area contributed by atoms with E-state index in [1.165, 1.54) is 0 Å². The van der Waals surface area contributed by atoms with Crippen LogP contribution >= 0.6 is 11.6 Å². The van der Waals surface area contributed by atoms with Crippen LogP contribution < -0.4 is 15.0 Å². The van der Waals surface area contributed by atoms with Crippen LogP contribution in [0.1, 0.15) is 67.9 Å². The first-order valence-corrected chi connectivity index (χ1v) is 14.5. The average molecular weight is 553 g/mol. The molecule has 208 valence electrons. The third-order valence-corrected chi connectivity index (χ3v) is 8.72. The number of rotatable bonds is 6. The third kappa shape index (κ3) is 6.81. The molecule has 1 aromatic carbocycles. The fourth-order valence-electron chi connectivity index (χ4n) is 6.15. The maximum Gasteiger partial charge on any atom is 0.272 e. The van der Waals surface area contributed by atoms with Crippen LogP contribution in [0.5, 0.6) is 5.75 Å². The lowest BCUT2D eigenvalue weighted by molar-refractivity contribution is 0.0398. The SMILES string of the molecule is C[C@H]1CN(c2ccc(C(=O)NC3CCC(Oc4ccc(C#N)c(Cl)c4)CC3)nn2)CC[C@H]1N1CCC(O)CC1. The van der Waals surface area contributed by atoms with Crippen molar-refractivity contribution in [2.45, 2.75) is 76.2 Å². The Labute approximate surface area is 235 Å². The Morgan fingerprint density at radius 3 is 2.49 bits per heavy atom. The number of nitrogens with one attached hydrogen (secondary N) is 1. The molecular weight excluding hydrogens is 516 g/mol. The van der Waals surface area contributed by atoms with E-state index in [0.717, 1.165) is 76.9 Å². The molecular formula is C29H37ClN6O3. The summed E-state index contributed by atoms with van der Waals surface area (Å²) in [7, 11) is 0. The minimum atomic E-state index is -0.198. The van der Waals surface area contributed by atoms with Gasteiger partial charge in [0, 0.05) is 44.3 Å². The number of hydrogen-bond donors (Lipinski definition) is 2. The van der Waals surface area contributed by atoms with E-state index < -0.39 is 0 Å². The minimum Gasteiger partial charge on any atom is -0.490 e. The Balaban J connectivity index is 1.07. The maximum atomic E-state index is 12.8. The molecule has 2 aliphatic heterocycles. The lowest BCUT2D eigenvalue weighted by atomic mass is 9.90. The summed E-state index contributed by atoms with van der Waals surface area (Å²) in [6.07, 6.45) is 5.96. The summed E-state index contributed by atoms with van der Waals surface area (Å²) in [6.45, 7) is 6.05. The molecule has 39 heavy (non-hydrogen) atoms. The Kier molecular flexibility index (Phi) is 8.85. The van der Waals surface area contributed by atoms with Crippen LogP contribution in [0, 0.1) is 17.2 Å². The molecule has 1 aromatic heterocycles. The fourth-order valence-corrected chi connectivity index (χ4v) is 6.37. The van der Waals surface area contributed by atoms with E-state index in [4.69, 9.17) is 21.6 Å². The monoisotopic (exact) mass is 552 g/mol. The number of carbonyl (C=O) groups is 1. The van der Waals surface area contributed by atoms with Gasteiger partial charge in [-0.1, -0.05) is 18.5 Å². The summed E-state index contributed by atoms with van der Waals surface area (Å²) < 4.78 is 6.05. The molecule has 2 aromatic rings. The Morgan fingerprint density at radius 1 is 1.08 bits per heavy atom. The number of carbonyl (C=O) groups excluding carboxylic acids is 1. The number of aliphatic hydroxyl groups is 1. The van der Waals surface area contributed by atoms with Crippen molar-refractivity contribution in [1.82, 2.24) is 20.4 Å². The van der Waals surface area contributed by atoms with E-state index in [-0.39, 0.29) is 24.2 Å². The second-order valence-electron chi connectivity index (χ2n) is 11.1. The summed E-state index contributed by atoms with van der Waals surface area (Å²) in [5.74, 6) is 1.77. The molecule has 9 nitrogen and oxygen atoms in total. The van der Waals surface area contributed by atoms with Crippen LogP contribution in [-0.4, -0.2) is 76.6 Å². The van der Waals surface area contributed by atoms with Crippen molar-refractivity contribution in [2.24, 2.45) is 5.92 Å². The predicted octanol–water partition coefficient (Wildman–Crippen LogP) is 3.79. The predicted molar refractivity (Wildman–Crippen MR) is 149 cm³/mol. The smallest absolute Gasteiger partial charge is 0.272 e. The standard InChI is InChI=1S/C29H37ClN6O3/c1-19-18-36(15-12-27(19)35-13-10-22(37)11-14-35)28-9-8-26(33-34-28)29(38)32-21-3-6-23(7-4-21)39-24-5-2-20(17-31)25(30)16-24/h2,5,8-9,16,19,21-23,27,37H,3-4,6-7,10-15,18H2,1H3,(H,32,38)/t19-,21?,23?,27+/m0/s1. The van der Waals surface area contributed by atoms with Crippen molar-refractivity contribution >= 4 is 23.3 Å². The van der Waals surface area contributed by atoms with E-state index in [1.807, 2.05) is 6.07 Å². The van der Waals surface area contributed by atoms with Gasteiger partial charge in [-0.2, -0.15) is 5.26 Å². The molecule has 2 N–H and O–H groups in total. The van der Waals surface area contributed by atoms with Gasteiger partial charge in [-0.05, 0) is 75.1 Å². The van der Waals surface area contributed by atoms with E-state index in [1.54, 1.807) is 24.3 Å². The molecule has 2 saturated heterocycles. The van der Waals surface area contributed by atoms with Crippen molar-refractivity contribution < 1.29 is 14.6 Å². The van der Waals surface area contributed by atoms with E-state index in [0.29, 0.717) is 34.0 Å². The molecule has 0 unspecified atom stereocenters. The fraction of sp³-hybridized carbons (Fsp3) is 0.586. The van der Waals surface area contributed by atoms with Gasteiger partial charge in [0.05, 0.1) is 22.8 Å². The number of halogens is 1. The molecule has 1 amide bonds. The summed E-state index contributed by atoms with van der Waals surface area (Å²) in [4.78, 5) is 17.6. The molecule has 1 saturated carbocycles. The van der Waals surface area contributed by atoms with Crippen molar-refractivity contribution in [3.63, 3.8) is 0 Å². The highest BCUT2D eigenvalue weighted by atomic mass is 35.5. The second-order valence-corrected chi connectivity index (χ2v) is 11.5. The van der Waals surface area contributed by atoms with Gasteiger partial charge in [0.2, 0.25) is 0 Å². The number of likely N-dealkylation sites (tertiary alicyclic amines) is 1. The number of amides is 1. The Morgan fingerprint density at radius 2 is 1.85 bits per heavy atom. The second kappa shape index (κ2) is 12.5. The number of piperidine rings is 2. The van der Waals surface area contributed by atoms with Crippen molar-refractivity contribution in [1.29, 1.82) is 5.26 Å². The van der Waals surface area contributed by atoms with E-state index in [9.17, 15) is 9.90 Å². The molecule has 2 atom stereocenters. The number of anilines is 1. The first-order chi connectivity index (χ1) is 18.9. The van der Waals surface area contributed by atoms with Gasteiger partial charge < -0.3 is 20.1 Å². The largest absolute Gasteiger partial charge is 0.490 e. The Hall–Kier alpha value is -2.93. The van der Waals surface area contributed by atoms with Crippen molar-refractivity contribution in [3.8, 4) is 11.8 Å². The zero-order chi connectivity index (χ0) is 27.4. The number of hydrogen-bond acceptors (Lipinski definition) is 8. The lowest BCUT2D eigenvalue weighted by Crippen LogP contribution is -2.53. The van der Waals surface area contributed by atoms with Gasteiger partial charge in [0.1, 0.15) is 11.8 Å². The number of benzene rings is 1. The minimum absolute atomic E-state index is 0.0502. The number of nitrogens with zero attached hydrogens (tertiary/aromatic N) is 5. The molecule has 3 aliphatic rings. The normalized spacial score (nSPS) is 26.6. The van der Waals surface area contributed by atoms with Crippen molar-refractivity contribution in [2.75, 3.05) is 31.1 Å². The summed E-state index contributed by atoms with van der Waals surface area (Å²) in [5.41, 5.74) is 0.764. The average Bonchev–Trinajstić information content (AvgIpc) is 2.95. The highest BCUT2D eigenvalue weighted by Crippen LogP contribution is 2.29. The van der Waals surface area contributed by atoms with E-state index in [2.05, 4.69) is 38.3 Å². The summed E-state index contributed by atoms with van der Waals surface area (Å²) >= 11 is 6.11. The number of aliphatic hydroxyl groups excluding tert-OH is 1. The van der Waals surface area contributed by atoms with Crippen LogP contribution in [-0.2, 0) is 0 Å². The molecule has 3 heterocycles. The third-order valence-electron chi connectivity index (χ3n) is 8.41. The highest BCUT2D eigenvalue weighted by Gasteiger charge is 2.33. The number of nitriles is 1. The van der Waals surface area contributed by atoms with Crippen molar-refractivity contribution in [3.05, 3.63) is 46.6 Å². The Bertz CT molecular complexity index is 1170. The highest BCUT2D eigenvalue weighted by molar-refractivity contribution is 6.31. The number of ether oxygens (including phenoxy) is 1. The zero-order valence-electron chi connectivity index (χ0n) is 22.4. The summed E-state index contributed by atoms with van der Waals surface area (Å²) in [5, 5.41) is 31.0. The van der Waals surface area contributed by atoms with Crippen LogP contribution in [0.4, 0.5) is 5.82 Å². The lowest BCUT2D eigenvalue weighted by Gasteiger charge is -2.45. The molecule has 0 bridgehead atoms. The van der Waals surface area contributed by atoms with E-state index >= 15 is 0 Å². The van der Waals surface area contributed by atoms with Crippen LogP contribution in [0.15, 0.2) is 30.3 Å². The number of aromatic nitrogens is 2. The van der Waals surface area contributed by atoms with Gasteiger partial charge in [-0.3, -0.25) is 9.69 Å². The van der Waals surface area contributed by atoms with Gasteiger partial charge in [-0.15, -0.1) is 10.2 Å².